The van der Waals surface area contributed by atoms with E-state index >= 15 is 0 Å². The highest BCUT2D eigenvalue weighted by atomic mass is 19.1. The van der Waals surface area contributed by atoms with Gasteiger partial charge in [-0.15, -0.1) is 0 Å². The summed E-state index contributed by atoms with van der Waals surface area (Å²) < 4.78 is 13.2. The summed E-state index contributed by atoms with van der Waals surface area (Å²) >= 11 is 0. The fraction of sp³-hybridized carbons (Fsp3) is 0. The molecule has 1 heterocycles. The number of halogens is 1. The predicted molar refractivity (Wildman–Crippen MR) is 71.6 cm³/mol. The van der Waals surface area contributed by atoms with Gasteiger partial charge in [-0.05, 0) is 23.6 Å². The van der Waals surface area contributed by atoms with E-state index in [1.165, 1.54) is 18.2 Å². The summed E-state index contributed by atoms with van der Waals surface area (Å²) in [6.07, 6.45) is 3.35. The summed E-state index contributed by atoms with van der Waals surface area (Å²) in [7, 11) is 0. The summed E-state index contributed by atoms with van der Waals surface area (Å²) in [5.41, 5.74) is 0.912. The second kappa shape index (κ2) is 4.61. The molecule has 0 spiro atoms. The van der Waals surface area contributed by atoms with Gasteiger partial charge in [0.25, 0.3) is 0 Å². The van der Waals surface area contributed by atoms with E-state index in [-0.39, 0.29) is 5.78 Å². The molecule has 0 amide bonds. The lowest BCUT2D eigenvalue weighted by atomic mass is 9.98. The first-order chi connectivity index (χ1) is 9.25. The maximum absolute atomic E-state index is 13.2. The quantitative estimate of drug-likeness (QED) is 0.651. The highest BCUT2D eigenvalue weighted by molar-refractivity contribution is 6.16. The number of aromatic nitrogens is 1. The monoisotopic (exact) mass is 251 g/mol. The van der Waals surface area contributed by atoms with Crippen LogP contribution in [0, 0.1) is 5.82 Å². The number of nitrogens with zero attached hydrogens (tertiary/aromatic N) is 1. The number of ketones is 1. The molecule has 0 atom stereocenters. The van der Waals surface area contributed by atoms with Gasteiger partial charge < -0.3 is 0 Å². The van der Waals surface area contributed by atoms with E-state index in [1.54, 1.807) is 36.7 Å². The lowest BCUT2D eigenvalue weighted by Gasteiger charge is -2.05. The zero-order valence-corrected chi connectivity index (χ0v) is 10.0. The molecule has 0 saturated carbocycles. The Labute approximate surface area is 109 Å². The van der Waals surface area contributed by atoms with E-state index in [0.29, 0.717) is 11.1 Å². The van der Waals surface area contributed by atoms with E-state index < -0.39 is 5.82 Å². The topological polar surface area (TPSA) is 30.0 Å². The Morgan fingerprint density at radius 3 is 2.74 bits per heavy atom. The lowest BCUT2D eigenvalue weighted by Crippen LogP contribution is -2.02. The van der Waals surface area contributed by atoms with Crippen molar-refractivity contribution in [1.82, 2.24) is 4.98 Å². The fourth-order valence-electron chi connectivity index (χ4n) is 2.11. The molecule has 19 heavy (non-hydrogen) atoms. The molecule has 0 N–H and O–H groups in total. The van der Waals surface area contributed by atoms with Crippen LogP contribution in [0.15, 0.2) is 60.9 Å². The third kappa shape index (κ3) is 2.10. The number of fused-ring (bicyclic) bond motifs is 1. The summed E-state index contributed by atoms with van der Waals surface area (Å²) in [4.78, 5) is 16.5. The summed E-state index contributed by atoms with van der Waals surface area (Å²) in [6.45, 7) is 0. The van der Waals surface area contributed by atoms with Crippen LogP contribution < -0.4 is 0 Å². The second-order valence-electron chi connectivity index (χ2n) is 4.24. The predicted octanol–water partition coefficient (Wildman–Crippen LogP) is 3.60. The zero-order valence-electron chi connectivity index (χ0n) is 10.0. The van der Waals surface area contributed by atoms with E-state index in [9.17, 15) is 9.18 Å². The van der Waals surface area contributed by atoms with Crippen molar-refractivity contribution < 1.29 is 9.18 Å². The van der Waals surface area contributed by atoms with Gasteiger partial charge in [0.05, 0.1) is 0 Å². The highest BCUT2D eigenvalue weighted by Gasteiger charge is 2.12. The molecule has 3 rings (SSSR count). The van der Waals surface area contributed by atoms with Crippen molar-refractivity contribution in [1.29, 1.82) is 0 Å². The number of carbonyl (C=O) groups is 1. The van der Waals surface area contributed by atoms with Gasteiger partial charge in [0.1, 0.15) is 5.82 Å². The number of carbonyl (C=O) groups excluding carboxylic acids is 1. The molecule has 0 aliphatic rings. The average Bonchev–Trinajstić information content (AvgIpc) is 2.46. The Morgan fingerprint density at radius 2 is 1.89 bits per heavy atom. The number of hydrogen-bond donors (Lipinski definition) is 0. The van der Waals surface area contributed by atoms with E-state index in [2.05, 4.69) is 4.98 Å². The number of pyridine rings is 1. The second-order valence-corrected chi connectivity index (χ2v) is 4.24. The van der Waals surface area contributed by atoms with Gasteiger partial charge in [-0.1, -0.05) is 30.3 Å². The van der Waals surface area contributed by atoms with Gasteiger partial charge in [-0.3, -0.25) is 9.78 Å². The minimum atomic E-state index is -0.409. The van der Waals surface area contributed by atoms with Crippen molar-refractivity contribution in [2.24, 2.45) is 0 Å². The molecule has 3 heteroatoms. The Kier molecular flexibility index (Phi) is 2.80. The Bertz CT molecular complexity index is 762. The molecule has 2 nitrogen and oxygen atoms in total. The van der Waals surface area contributed by atoms with Gasteiger partial charge in [0, 0.05) is 28.9 Å². The van der Waals surface area contributed by atoms with Crippen LogP contribution in [-0.2, 0) is 0 Å². The van der Waals surface area contributed by atoms with Crippen LogP contribution in [0.2, 0.25) is 0 Å². The van der Waals surface area contributed by atoms with Crippen LogP contribution in [0.4, 0.5) is 4.39 Å². The standard InChI is InChI=1S/C16H10FNO/c17-13-5-1-3-11(9-13)16(19)15-6-2-4-12-10-18-8-7-14(12)15/h1-10H. The molecular weight excluding hydrogens is 241 g/mol. The van der Waals surface area contributed by atoms with Crippen LogP contribution in [-0.4, -0.2) is 10.8 Å². The van der Waals surface area contributed by atoms with Crippen LogP contribution >= 0.6 is 0 Å². The first kappa shape index (κ1) is 11.5. The maximum atomic E-state index is 13.2. The molecule has 0 bridgehead atoms. The van der Waals surface area contributed by atoms with Crippen LogP contribution in [0.5, 0.6) is 0 Å². The normalized spacial score (nSPS) is 10.6. The Morgan fingerprint density at radius 1 is 1.05 bits per heavy atom. The number of rotatable bonds is 2. The van der Waals surface area contributed by atoms with Crippen LogP contribution in [0.3, 0.4) is 0 Å². The van der Waals surface area contributed by atoms with Crippen LogP contribution in [0.25, 0.3) is 10.8 Å². The van der Waals surface area contributed by atoms with Crippen molar-refractivity contribution in [3.63, 3.8) is 0 Å². The van der Waals surface area contributed by atoms with Gasteiger partial charge in [0.2, 0.25) is 0 Å². The minimum Gasteiger partial charge on any atom is -0.289 e. The molecule has 0 saturated heterocycles. The first-order valence-corrected chi connectivity index (χ1v) is 5.89. The zero-order chi connectivity index (χ0) is 13.2. The lowest BCUT2D eigenvalue weighted by molar-refractivity contribution is 0.104. The largest absolute Gasteiger partial charge is 0.289 e. The van der Waals surface area contributed by atoms with Crippen molar-refractivity contribution in [2.45, 2.75) is 0 Å². The van der Waals surface area contributed by atoms with Crippen molar-refractivity contribution in [2.75, 3.05) is 0 Å². The average molecular weight is 251 g/mol. The molecule has 0 aliphatic carbocycles. The van der Waals surface area contributed by atoms with E-state index in [4.69, 9.17) is 0 Å². The molecular formula is C16H10FNO. The van der Waals surface area contributed by atoms with Gasteiger partial charge >= 0.3 is 0 Å². The van der Waals surface area contributed by atoms with Crippen molar-refractivity contribution in [3.05, 3.63) is 77.9 Å². The van der Waals surface area contributed by atoms with Crippen LogP contribution in [0.1, 0.15) is 15.9 Å². The highest BCUT2D eigenvalue weighted by Crippen LogP contribution is 2.20. The smallest absolute Gasteiger partial charge is 0.193 e. The maximum Gasteiger partial charge on any atom is 0.193 e. The van der Waals surface area contributed by atoms with Crippen molar-refractivity contribution in [3.8, 4) is 0 Å². The molecule has 2 aromatic carbocycles. The van der Waals surface area contributed by atoms with Crippen molar-refractivity contribution >= 4 is 16.6 Å². The molecule has 1 aromatic heterocycles. The summed E-state index contributed by atoms with van der Waals surface area (Å²) in [5.74, 6) is -0.593. The third-order valence-corrected chi connectivity index (χ3v) is 3.01. The molecule has 0 aliphatic heterocycles. The van der Waals surface area contributed by atoms with Gasteiger partial charge in [-0.25, -0.2) is 4.39 Å². The Hall–Kier alpha value is -2.55. The number of benzene rings is 2. The van der Waals surface area contributed by atoms with E-state index in [0.717, 1.165) is 10.8 Å². The third-order valence-electron chi connectivity index (χ3n) is 3.01. The molecule has 3 aromatic rings. The molecule has 0 unspecified atom stereocenters. The first-order valence-electron chi connectivity index (χ1n) is 5.89. The molecule has 92 valence electrons. The fourth-order valence-corrected chi connectivity index (χ4v) is 2.11. The summed E-state index contributed by atoms with van der Waals surface area (Å²) in [6, 6.07) is 13.0. The number of hydrogen-bond acceptors (Lipinski definition) is 2. The van der Waals surface area contributed by atoms with Gasteiger partial charge in [0.15, 0.2) is 5.78 Å². The SMILES string of the molecule is O=C(c1cccc(F)c1)c1cccc2cnccc12. The minimum absolute atomic E-state index is 0.184. The molecule has 0 radical (unpaired) electrons. The summed E-state index contributed by atoms with van der Waals surface area (Å²) in [5, 5.41) is 1.72. The molecule has 0 fully saturated rings. The van der Waals surface area contributed by atoms with Gasteiger partial charge in [-0.2, -0.15) is 0 Å². The van der Waals surface area contributed by atoms with E-state index in [1.807, 2.05) is 6.07 Å². The Balaban J connectivity index is 2.17.